The molecule has 2 aromatic heterocycles. The second-order valence-electron chi connectivity index (χ2n) is 4.65. The average Bonchev–Trinajstić information content (AvgIpc) is 2.84. The Bertz CT molecular complexity index is 971. The molecule has 2 heterocycles. The fourth-order valence-electron chi connectivity index (χ4n) is 2.77. The molecule has 0 fully saturated rings. The molecule has 0 N–H and O–H groups in total. The minimum atomic E-state index is 0.728. The maximum Gasteiger partial charge on any atom is 0.0999 e. The maximum absolute atomic E-state index is 9.31. The normalized spacial score (nSPS) is 11.1. The zero-order chi connectivity index (χ0) is 12.8. The maximum atomic E-state index is 9.31. The van der Waals surface area contributed by atoms with Gasteiger partial charge in [-0.3, -0.25) is 0 Å². The van der Waals surface area contributed by atoms with Crippen molar-refractivity contribution in [3.05, 3.63) is 66.2 Å². The van der Waals surface area contributed by atoms with E-state index in [2.05, 4.69) is 34.7 Å². The Kier molecular flexibility index (Phi) is 1.93. The topological polar surface area (TPSA) is 28.2 Å². The summed E-state index contributed by atoms with van der Waals surface area (Å²) in [6.45, 7) is 0. The fourth-order valence-corrected chi connectivity index (χ4v) is 2.77. The number of hydrogen-bond acceptors (Lipinski definition) is 1. The Morgan fingerprint density at radius 1 is 0.842 bits per heavy atom. The SMILES string of the molecule is N#Cc1cc2cc3ccccc3n2c2ccccc12. The first-order valence-electron chi connectivity index (χ1n) is 6.20. The number of benzene rings is 2. The number of fused-ring (bicyclic) bond motifs is 5. The molecule has 0 atom stereocenters. The van der Waals surface area contributed by atoms with Crippen LogP contribution in [0.5, 0.6) is 0 Å². The predicted molar refractivity (Wildman–Crippen MR) is 77.1 cm³/mol. The zero-order valence-electron chi connectivity index (χ0n) is 10.2. The minimum Gasteiger partial charge on any atom is -0.309 e. The smallest absolute Gasteiger partial charge is 0.0999 e. The highest BCUT2D eigenvalue weighted by Crippen LogP contribution is 2.27. The Balaban J connectivity index is 2.38. The third kappa shape index (κ3) is 1.30. The predicted octanol–water partition coefficient (Wildman–Crippen LogP) is 4.12. The number of rotatable bonds is 0. The Morgan fingerprint density at radius 2 is 1.58 bits per heavy atom. The highest BCUT2D eigenvalue weighted by Gasteiger charge is 2.09. The molecule has 0 aliphatic heterocycles. The van der Waals surface area contributed by atoms with Gasteiger partial charge in [-0.1, -0.05) is 36.4 Å². The van der Waals surface area contributed by atoms with E-state index in [1.54, 1.807) is 0 Å². The lowest BCUT2D eigenvalue weighted by molar-refractivity contribution is 1.32. The van der Waals surface area contributed by atoms with Gasteiger partial charge < -0.3 is 4.40 Å². The molecule has 0 bridgehead atoms. The highest BCUT2D eigenvalue weighted by atomic mass is 14.9. The van der Waals surface area contributed by atoms with Gasteiger partial charge in [0.2, 0.25) is 0 Å². The van der Waals surface area contributed by atoms with Crippen LogP contribution in [0, 0.1) is 11.3 Å². The summed E-state index contributed by atoms with van der Waals surface area (Å²) < 4.78 is 2.21. The van der Waals surface area contributed by atoms with Crippen molar-refractivity contribution in [2.45, 2.75) is 0 Å². The highest BCUT2D eigenvalue weighted by molar-refractivity contribution is 5.97. The van der Waals surface area contributed by atoms with Gasteiger partial charge in [0.1, 0.15) is 0 Å². The molecule has 0 saturated carbocycles. The number of aromatic nitrogens is 1. The summed E-state index contributed by atoms with van der Waals surface area (Å²) in [6, 6.07) is 22.7. The first kappa shape index (κ1) is 10.2. The largest absolute Gasteiger partial charge is 0.309 e. The third-order valence-corrected chi connectivity index (χ3v) is 3.59. The molecule has 88 valence electrons. The number of pyridine rings is 1. The minimum absolute atomic E-state index is 0.728. The van der Waals surface area contributed by atoms with Crippen molar-refractivity contribution in [1.29, 1.82) is 5.26 Å². The van der Waals surface area contributed by atoms with Gasteiger partial charge >= 0.3 is 0 Å². The van der Waals surface area contributed by atoms with Crippen LogP contribution in [-0.4, -0.2) is 4.40 Å². The van der Waals surface area contributed by atoms with Gasteiger partial charge in [-0.05, 0) is 24.3 Å². The molecule has 4 rings (SSSR count). The van der Waals surface area contributed by atoms with E-state index in [4.69, 9.17) is 0 Å². The molecular weight excluding hydrogens is 232 g/mol. The molecule has 0 amide bonds. The van der Waals surface area contributed by atoms with Gasteiger partial charge in [-0.2, -0.15) is 5.26 Å². The number of para-hydroxylation sites is 2. The first-order valence-corrected chi connectivity index (χ1v) is 6.20. The van der Waals surface area contributed by atoms with Crippen LogP contribution in [0.4, 0.5) is 0 Å². The molecule has 2 nitrogen and oxygen atoms in total. The van der Waals surface area contributed by atoms with Crippen LogP contribution in [0.3, 0.4) is 0 Å². The second-order valence-corrected chi connectivity index (χ2v) is 4.65. The van der Waals surface area contributed by atoms with Crippen LogP contribution in [0.15, 0.2) is 60.7 Å². The van der Waals surface area contributed by atoms with Crippen molar-refractivity contribution in [2.75, 3.05) is 0 Å². The number of hydrogen-bond donors (Lipinski definition) is 0. The standard InChI is InChI=1S/C17H10N2/c18-11-13-10-14-9-12-5-1-3-7-16(12)19(14)17-8-4-2-6-15(13)17/h1-10H. The van der Waals surface area contributed by atoms with Crippen LogP contribution in [0.2, 0.25) is 0 Å². The molecule has 0 aliphatic rings. The van der Waals surface area contributed by atoms with E-state index in [0.717, 1.165) is 22.0 Å². The summed E-state index contributed by atoms with van der Waals surface area (Å²) in [5, 5.41) is 11.5. The van der Waals surface area contributed by atoms with E-state index >= 15 is 0 Å². The third-order valence-electron chi connectivity index (χ3n) is 3.59. The van der Waals surface area contributed by atoms with Gasteiger partial charge in [-0.25, -0.2) is 0 Å². The molecule has 4 aromatic rings. The van der Waals surface area contributed by atoms with E-state index in [0.29, 0.717) is 0 Å². The van der Waals surface area contributed by atoms with Crippen LogP contribution >= 0.6 is 0 Å². The van der Waals surface area contributed by atoms with Crippen LogP contribution in [0.1, 0.15) is 5.56 Å². The van der Waals surface area contributed by atoms with Crippen LogP contribution in [-0.2, 0) is 0 Å². The summed E-state index contributed by atoms with van der Waals surface area (Å²) in [7, 11) is 0. The number of nitrogens with zero attached hydrogens (tertiary/aromatic N) is 2. The molecule has 2 aromatic carbocycles. The van der Waals surface area contributed by atoms with Crippen molar-refractivity contribution >= 4 is 27.3 Å². The second kappa shape index (κ2) is 3.60. The lowest BCUT2D eigenvalue weighted by atomic mass is 10.1. The van der Waals surface area contributed by atoms with Crippen LogP contribution < -0.4 is 0 Å². The van der Waals surface area contributed by atoms with Crippen molar-refractivity contribution in [3.8, 4) is 6.07 Å². The summed E-state index contributed by atoms with van der Waals surface area (Å²) in [5.74, 6) is 0. The molecular formula is C17H10N2. The quantitative estimate of drug-likeness (QED) is 0.456. The van der Waals surface area contributed by atoms with Gasteiger partial charge in [-0.15, -0.1) is 0 Å². The zero-order valence-corrected chi connectivity index (χ0v) is 10.2. The lowest BCUT2D eigenvalue weighted by Crippen LogP contribution is -1.90. The summed E-state index contributed by atoms with van der Waals surface area (Å²) in [4.78, 5) is 0. The fraction of sp³-hybridized carbons (Fsp3) is 0. The van der Waals surface area contributed by atoms with E-state index < -0.39 is 0 Å². The van der Waals surface area contributed by atoms with Gasteiger partial charge in [0.25, 0.3) is 0 Å². The van der Waals surface area contributed by atoms with Gasteiger partial charge in [0.15, 0.2) is 0 Å². The van der Waals surface area contributed by atoms with E-state index in [1.807, 2.05) is 36.4 Å². The monoisotopic (exact) mass is 242 g/mol. The Morgan fingerprint density at radius 3 is 2.42 bits per heavy atom. The average molecular weight is 242 g/mol. The molecule has 0 spiro atoms. The van der Waals surface area contributed by atoms with Gasteiger partial charge in [0.05, 0.1) is 22.7 Å². The number of nitriles is 1. The van der Waals surface area contributed by atoms with Gasteiger partial charge in [0, 0.05) is 16.3 Å². The Labute approximate surface area is 110 Å². The van der Waals surface area contributed by atoms with Crippen molar-refractivity contribution in [1.82, 2.24) is 4.40 Å². The first-order chi connectivity index (χ1) is 9.38. The lowest BCUT2D eigenvalue weighted by Gasteiger charge is -2.06. The van der Waals surface area contributed by atoms with Crippen molar-refractivity contribution < 1.29 is 0 Å². The molecule has 0 aliphatic carbocycles. The summed E-state index contributed by atoms with van der Waals surface area (Å²) >= 11 is 0. The van der Waals surface area contributed by atoms with Crippen molar-refractivity contribution in [3.63, 3.8) is 0 Å². The van der Waals surface area contributed by atoms with E-state index in [1.165, 1.54) is 10.9 Å². The van der Waals surface area contributed by atoms with Crippen molar-refractivity contribution in [2.24, 2.45) is 0 Å². The molecule has 0 unspecified atom stereocenters. The summed E-state index contributed by atoms with van der Waals surface area (Å²) in [6.07, 6.45) is 0. The molecule has 2 heteroatoms. The van der Waals surface area contributed by atoms with Crippen LogP contribution in [0.25, 0.3) is 27.3 Å². The molecule has 0 radical (unpaired) electrons. The molecule has 0 saturated heterocycles. The van der Waals surface area contributed by atoms with E-state index in [-0.39, 0.29) is 0 Å². The Hall–Kier alpha value is -2.79. The molecule has 19 heavy (non-hydrogen) atoms. The van der Waals surface area contributed by atoms with E-state index in [9.17, 15) is 5.26 Å². The summed E-state index contributed by atoms with van der Waals surface area (Å²) in [5.41, 5.74) is 4.05.